The SMILES string of the molecule is COc1cc(OC)cc(Oc2nccc(CO)c2F)c1. The Morgan fingerprint density at radius 1 is 1.10 bits per heavy atom. The molecule has 0 aliphatic carbocycles. The van der Waals surface area contributed by atoms with Gasteiger partial charge in [-0.1, -0.05) is 0 Å². The highest BCUT2D eigenvalue weighted by Gasteiger charge is 2.12. The highest BCUT2D eigenvalue weighted by molar-refractivity contribution is 5.43. The topological polar surface area (TPSA) is 60.8 Å². The predicted molar refractivity (Wildman–Crippen MR) is 69.7 cm³/mol. The summed E-state index contributed by atoms with van der Waals surface area (Å²) >= 11 is 0. The summed E-state index contributed by atoms with van der Waals surface area (Å²) in [7, 11) is 3.01. The van der Waals surface area contributed by atoms with E-state index in [1.54, 1.807) is 18.2 Å². The third-order valence-corrected chi connectivity index (χ3v) is 2.65. The molecule has 5 nitrogen and oxygen atoms in total. The van der Waals surface area contributed by atoms with Crippen LogP contribution in [0.4, 0.5) is 4.39 Å². The van der Waals surface area contributed by atoms with Crippen molar-refractivity contribution in [1.82, 2.24) is 4.98 Å². The van der Waals surface area contributed by atoms with Crippen molar-refractivity contribution in [3.63, 3.8) is 0 Å². The Balaban J connectivity index is 2.34. The van der Waals surface area contributed by atoms with Crippen LogP contribution in [0.2, 0.25) is 0 Å². The molecule has 0 saturated heterocycles. The number of nitrogens with zero attached hydrogens (tertiary/aromatic N) is 1. The molecule has 6 heteroatoms. The normalized spacial score (nSPS) is 10.2. The van der Waals surface area contributed by atoms with Crippen molar-refractivity contribution in [3.8, 4) is 23.1 Å². The maximum absolute atomic E-state index is 13.9. The molecule has 0 bridgehead atoms. The summed E-state index contributed by atoms with van der Waals surface area (Å²) in [5.74, 6) is 0.433. The van der Waals surface area contributed by atoms with Gasteiger partial charge in [0.15, 0.2) is 5.82 Å². The van der Waals surface area contributed by atoms with Crippen molar-refractivity contribution >= 4 is 0 Å². The second kappa shape index (κ2) is 6.21. The largest absolute Gasteiger partial charge is 0.496 e. The van der Waals surface area contributed by atoms with Gasteiger partial charge in [0.05, 0.1) is 20.8 Å². The molecule has 0 atom stereocenters. The van der Waals surface area contributed by atoms with Gasteiger partial charge in [-0.3, -0.25) is 0 Å². The lowest BCUT2D eigenvalue weighted by atomic mass is 10.2. The number of aliphatic hydroxyl groups excluding tert-OH is 1. The van der Waals surface area contributed by atoms with Gasteiger partial charge in [-0.25, -0.2) is 9.37 Å². The van der Waals surface area contributed by atoms with E-state index in [2.05, 4.69) is 4.98 Å². The summed E-state index contributed by atoms with van der Waals surface area (Å²) in [6.07, 6.45) is 1.36. The molecule has 20 heavy (non-hydrogen) atoms. The third-order valence-electron chi connectivity index (χ3n) is 2.65. The summed E-state index contributed by atoms with van der Waals surface area (Å²) in [5, 5.41) is 9.01. The Kier molecular flexibility index (Phi) is 4.37. The molecule has 106 valence electrons. The van der Waals surface area contributed by atoms with E-state index in [9.17, 15) is 4.39 Å². The van der Waals surface area contributed by atoms with Gasteiger partial charge in [0, 0.05) is 30.0 Å². The van der Waals surface area contributed by atoms with Crippen LogP contribution in [0.5, 0.6) is 23.1 Å². The molecule has 0 amide bonds. The van der Waals surface area contributed by atoms with Crippen molar-refractivity contribution in [1.29, 1.82) is 0 Å². The minimum absolute atomic E-state index is 0.116. The summed E-state index contributed by atoms with van der Waals surface area (Å²) in [4.78, 5) is 3.80. The van der Waals surface area contributed by atoms with Gasteiger partial charge >= 0.3 is 0 Å². The number of ether oxygens (including phenoxy) is 3. The number of aliphatic hydroxyl groups is 1. The van der Waals surface area contributed by atoms with E-state index >= 15 is 0 Å². The van der Waals surface area contributed by atoms with Crippen LogP contribution in [-0.4, -0.2) is 24.3 Å². The van der Waals surface area contributed by atoms with Gasteiger partial charge in [-0.2, -0.15) is 0 Å². The minimum Gasteiger partial charge on any atom is -0.496 e. The average molecular weight is 279 g/mol. The predicted octanol–water partition coefficient (Wildman–Crippen LogP) is 2.52. The average Bonchev–Trinajstić information content (AvgIpc) is 2.49. The Hall–Kier alpha value is -2.34. The highest BCUT2D eigenvalue weighted by Crippen LogP contribution is 2.31. The Morgan fingerprint density at radius 2 is 1.70 bits per heavy atom. The van der Waals surface area contributed by atoms with Crippen LogP contribution in [-0.2, 0) is 6.61 Å². The number of methoxy groups -OCH3 is 2. The van der Waals surface area contributed by atoms with Crippen molar-refractivity contribution in [2.75, 3.05) is 14.2 Å². The maximum Gasteiger partial charge on any atom is 0.256 e. The van der Waals surface area contributed by atoms with Crippen LogP contribution in [0.1, 0.15) is 5.56 Å². The van der Waals surface area contributed by atoms with Gasteiger partial charge < -0.3 is 19.3 Å². The van der Waals surface area contributed by atoms with Crippen LogP contribution in [0.25, 0.3) is 0 Å². The fourth-order valence-corrected chi connectivity index (χ4v) is 1.61. The van der Waals surface area contributed by atoms with E-state index in [-0.39, 0.29) is 11.4 Å². The van der Waals surface area contributed by atoms with Gasteiger partial charge in [0.2, 0.25) is 0 Å². The fourth-order valence-electron chi connectivity index (χ4n) is 1.61. The summed E-state index contributed by atoms with van der Waals surface area (Å²) in [6, 6.07) is 6.21. The first-order valence-electron chi connectivity index (χ1n) is 5.83. The lowest BCUT2D eigenvalue weighted by Crippen LogP contribution is -1.98. The van der Waals surface area contributed by atoms with Crippen LogP contribution in [0, 0.1) is 5.82 Å². The molecule has 0 fully saturated rings. The molecule has 0 saturated carbocycles. The number of hydrogen-bond donors (Lipinski definition) is 1. The summed E-state index contributed by atoms with van der Waals surface area (Å²) in [6.45, 7) is -0.424. The highest BCUT2D eigenvalue weighted by atomic mass is 19.1. The van der Waals surface area contributed by atoms with Crippen molar-refractivity contribution in [2.24, 2.45) is 0 Å². The van der Waals surface area contributed by atoms with Crippen LogP contribution >= 0.6 is 0 Å². The molecule has 1 N–H and O–H groups in total. The standard InChI is InChI=1S/C14H14FNO4/c1-18-10-5-11(19-2)7-12(6-10)20-14-13(15)9(8-17)3-4-16-14/h3-7,17H,8H2,1-2H3. The minimum atomic E-state index is -0.697. The number of pyridine rings is 1. The molecular formula is C14H14FNO4. The second-order valence-corrected chi connectivity index (χ2v) is 3.90. The van der Waals surface area contributed by atoms with E-state index in [1.165, 1.54) is 26.5 Å². The number of rotatable bonds is 5. The molecule has 0 spiro atoms. The molecule has 0 aliphatic heterocycles. The van der Waals surface area contributed by atoms with Gasteiger partial charge in [0.25, 0.3) is 5.88 Å². The number of aromatic nitrogens is 1. The lowest BCUT2D eigenvalue weighted by molar-refractivity contribution is 0.272. The van der Waals surface area contributed by atoms with E-state index in [4.69, 9.17) is 19.3 Å². The maximum atomic E-state index is 13.9. The first-order valence-corrected chi connectivity index (χ1v) is 5.83. The summed E-state index contributed by atoms with van der Waals surface area (Å²) < 4.78 is 29.5. The molecule has 1 aromatic carbocycles. The van der Waals surface area contributed by atoms with Crippen LogP contribution < -0.4 is 14.2 Å². The fraction of sp³-hybridized carbons (Fsp3) is 0.214. The van der Waals surface area contributed by atoms with E-state index in [0.717, 1.165) is 0 Å². The lowest BCUT2D eigenvalue weighted by Gasteiger charge is -2.10. The van der Waals surface area contributed by atoms with Gasteiger partial charge in [-0.15, -0.1) is 0 Å². The molecule has 0 unspecified atom stereocenters. The Labute approximate surface area is 115 Å². The zero-order chi connectivity index (χ0) is 14.5. The van der Waals surface area contributed by atoms with Crippen molar-refractivity contribution in [3.05, 3.63) is 41.8 Å². The molecule has 1 aromatic heterocycles. The second-order valence-electron chi connectivity index (χ2n) is 3.90. The molecule has 2 rings (SSSR count). The number of halogens is 1. The number of benzene rings is 1. The molecule has 0 aliphatic rings. The molecule has 2 aromatic rings. The zero-order valence-electron chi connectivity index (χ0n) is 11.1. The van der Waals surface area contributed by atoms with E-state index in [0.29, 0.717) is 17.2 Å². The van der Waals surface area contributed by atoms with Gasteiger partial charge in [-0.05, 0) is 6.07 Å². The van der Waals surface area contributed by atoms with Crippen molar-refractivity contribution < 1.29 is 23.7 Å². The zero-order valence-corrected chi connectivity index (χ0v) is 11.1. The van der Waals surface area contributed by atoms with Crippen LogP contribution in [0.15, 0.2) is 30.5 Å². The first-order chi connectivity index (χ1) is 9.67. The monoisotopic (exact) mass is 279 g/mol. The molecular weight excluding hydrogens is 265 g/mol. The Bertz CT molecular complexity index is 581. The van der Waals surface area contributed by atoms with E-state index < -0.39 is 12.4 Å². The molecule has 0 radical (unpaired) electrons. The number of hydrogen-bond acceptors (Lipinski definition) is 5. The smallest absolute Gasteiger partial charge is 0.256 e. The quantitative estimate of drug-likeness (QED) is 0.911. The first kappa shape index (κ1) is 14.1. The van der Waals surface area contributed by atoms with Crippen molar-refractivity contribution in [2.45, 2.75) is 6.61 Å². The van der Waals surface area contributed by atoms with Crippen LogP contribution in [0.3, 0.4) is 0 Å². The van der Waals surface area contributed by atoms with Gasteiger partial charge in [0.1, 0.15) is 17.2 Å². The molecule has 1 heterocycles. The Morgan fingerprint density at radius 3 is 2.25 bits per heavy atom. The van der Waals surface area contributed by atoms with E-state index in [1.807, 2.05) is 0 Å². The summed E-state index contributed by atoms with van der Waals surface area (Å²) in [5.41, 5.74) is 0.116. The third kappa shape index (κ3) is 2.97.